The first-order chi connectivity index (χ1) is 16.0. The van der Waals surface area contributed by atoms with E-state index in [1.165, 1.54) is 0 Å². The lowest BCUT2D eigenvalue weighted by Gasteiger charge is -2.30. The van der Waals surface area contributed by atoms with E-state index in [-0.39, 0.29) is 31.3 Å². The molecule has 1 aliphatic heterocycles. The molecular formula is C25H27N3O4S. The molecule has 0 atom stereocenters. The Morgan fingerprint density at radius 3 is 2.52 bits per heavy atom. The molecule has 0 saturated heterocycles. The number of nitrogens with one attached hydrogen (secondary N) is 1. The Kier molecular flexibility index (Phi) is 7.14. The molecule has 3 amide bonds. The summed E-state index contributed by atoms with van der Waals surface area (Å²) in [6.07, 6.45) is 0. The Morgan fingerprint density at radius 2 is 1.79 bits per heavy atom. The van der Waals surface area contributed by atoms with Crippen LogP contribution in [0.15, 0.2) is 66.0 Å². The van der Waals surface area contributed by atoms with Crippen molar-refractivity contribution in [3.05, 3.63) is 76.5 Å². The van der Waals surface area contributed by atoms with Crippen molar-refractivity contribution in [1.82, 2.24) is 9.80 Å². The van der Waals surface area contributed by atoms with Gasteiger partial charge in [-0.3, -0.25) is 4.79 Å². The number of ether oxygens (including phenoxy) is 2. The zero-order valence-electron chi connectivity index (χ0n) is 18.7. The lowest BCUT2D eigenvalue weighted by molar-refractivity contribution is -0.133. The fraction of sp³-hybridized carbons (Fsp3) is 0.280. The first-order valence-corrected chi connectivity index (χ1v) is 11.7. The first-order valence-electron chi connectivity index (χ1n) is 10.8. The van der Waals surface area contributed by atoms with Crippen LogP contribution in [0.4, 0.5) is 10.5 Å². The fourth-order valence-corrected chi connectivity index (χ4v) is 4.25. The number of nitrogens with zero attached hydrogens (tertiary/aromatic N) is 2. The third kappa shape index (κ3) is 5.84. The second-order valence-electron chi connectivity index (χ2n) is 8.03. The maximum atomic E-state index is 13.4. The minimum atomic E-state index is -0.302. The smallest absolute Gasteiger partial charge is 0.322 e. The van der Waals surface area contributed by atoms with Gasteiger partial charge < -0.3 is 24.6 Å². The molecule has 1 N–H and O–H groups in total. The molecule has 1 aliphatic rings. The van der Waals surface area contributed by atoms with Gasteiger partial charge in [0.15, 0.2) is 11.5 Å². The van der Waals surface area contributed by atoms with Gasteiger partial charge in [-0.15, -0.1) is 11.3 Å². The van der Waals surface area contributed by atoms with Crippen LogP contribution in [0.5, 0.6) is 11.5 Å². The van der Waals surface area contributed by atoms with Gasteiger partial charge >= 0.3 is 6.03 Å². The van der Waals surface area contributed by atoms with Crippen LogP contribution in [-0.2, 0) is 17.9 Å². The summed E-state index contributed by atoms with van der Waals surface area (Å²) in [5.41, 5.74) is 1.63. The quantitative estimate of drug-likeness (QED) is 0.511. The number of carbonyl (C=O) groups is 2. The van der Waals surface area contributed by atoms with E-state index in [9.17, 15) is 9.59 Å². The van der Waals surface area contributed by atoms with E-state index in [2.05, 4.69) is 5.32 Å². The van der Waals surface area contributed by atoms with E-state index in [4.69, 9.17) is 9.47 Å². The highest BCUT2D eigenvalue weighted by atomic mass is 32.1. The lowest BCUT2D eigenvalue weighted by Crippen LogP contribution is -2.47. The molecule has 33 heavy (non-hydrogen) atoms. The zero-order valence-corrected chi connectivity index (χ0v) is 19.5. The number of fused-ring (bicyclic) bond motifs is 1. The Morgan fingerprint density at radius 1 is 1.00 bits per heavy atom. The summed E-state index contributed by atoms with van der Waals surface area (Å²) in [6, 6.07) is 18.5. The number of anilines is 1. The second kappa shape index (κ2) is 10.4. The van der Waals surface area contributed by atoms with Gasteiger partial charge in [-0.05, 0) is 55.1 Å². The topological polar surface area (TPSA) is 71.1 Å². The summed E-state index contributed by atoms with van der Waals surface area (Å²) >= 11 is 1.60. The van der Waals surface area contributed by atoms with Crippen molar-refractivity contribution in [3.8, 4) is 11.5 Å². The van der Waals surface area contributed by atoms with Crippen molar-refractivity contribution in [2.45, 2.75) is 33.0 Å². The number of benzene rings is 2. The Hall–Kier alpha value is -3.52. The van der Waals surface area contributed by atoms with Crippen molar-refractivity contribution < 1.29 is 19.1 Å². The minimum Gasteiger partial charge on any atom is -0.454 e. The van der Waals surface area contributed by atoms with Crippen molar-refractivity contribution in [3.63, 3.8) is 0 Å². The van der Waals surface area contributed by atoms with Crippen LogP contribution in [-0.4, -0.2) is 41.1 Å². The van der Waals surface area contributed by atoms with E-state index in [1.807, 2.05) is 79.9 Å². The van der Waals surface area contributed by atoms with Gasteiger partial charge in [0.2, 0.25) is 12.7 Å². The molecule has 8 heteroatoms. The van der Waals surface area contributed by atoms with Gasteiger partial charge in [0, 0.05) is 23.2 Å². The lowest BCUT2D eigenvalue weighted by atomic mass is 10.2. The number of thiophene rings is 1. The van der Waals surface area contributed by atoms with Crippen LogP contribution < -0.4 is 14.8 Å². The van der Waals surface area contributed by atoms with Gasteiger partial charge in [0.1, 0.15) is 6.54 Å². The van der Waals surface area contributed by atoms with E-state index < -0.39 is 0 Å². The van der Waals surface area contributed by atoms with Crippen LogP contribution in [0, 0.1) is 0 Å². The van der Waals surface area contributed by atoms with Crippen molar-refractivity contribution in [2.75, 3.05) is 18.7 Å². The van der Waals surface area contributed by atoms with E-state index in [0.717, 1.165) is 10.4 Å². The van der Waals surface area contributed by atoms with Crippen LogP contribution in [0.1, 0.15) is 24.3 Å². The molecule has 0 saturated carbocycles. The summed E-state index contributed by atoms with van der Waals surface area (Å²) < 4.78 is 10.9. The molecule has 0 aliphatic carbocycles. The molecule has 0 radical (unpaired) electrons. The normalized spacial score (nSPS) is 12.0. The maximum Gasteiger partial charge on any atom is 0.322 e. The van der Waals surface area contributed by atoms with Gasteiger partial charge in [-0.25, -0.2) is 4.79 Å². The molecule has 0 bridgehead atoms. The first kappa shape index (κ1) is 22.7. The van der Waals surface area contributed by atoms with Crippen molar-refractivity contribution >= 4 is 29.0 Å². The van der Waals surface area contributed by atoms with Crippen LogP contribution >= 0.6 is 11.3 Å². The molecule has 4 rings (SSSR count). The third-order valence-corrected chi connectivity index (χ3v) is 6.17. The van der Waals surface area contributed by atoms with Gasteiger partial charge in [0.25, 0.3) is 0 Å². The molecule has 2 heterocycles. The number of urea groups is 1. The Bertz CT molecular complexity index is 1090. The summed E-state index contributed by atoms with van der Waals surface area (Å²) in [5.74, 6) is 1.26. The molecule has 0 spiro atoms. The SMILES string of the molecule is CC(C)N(CC(=O)N(Cc1ccc2c(c1)OCO2)Cc1cccs1)C(=O)Nc1ccccc1. The highest BCUT2D eigenvalue weighted by Crippen LogP contribution is 2.33. The molecule has 3 aromatic rings. The number of hydrogen-bond donors (Lipinski definition) is 1. The number of amides is 3. The Labute approximate surface area is 197 Å². The van der Waals surface area contributed by atoms with Gasteiger partial charge in [-0.2, -0.15) is 0 Å². The summed E-state index contributed by atoms with van der Waals surface area (Å²) in [7, 11) is 0. The molecule has 2 aromatic carbocycles. The average molecular weight is 466 g/mol. The highest BCUT2D eigenvalue weighted by Gasteiger charge is 2.25. The van der Waals surface area contributed by atoms with Crippen molar-refractivity contribution in [1.29, 1.82) is 0 Å². The number of rotatable bonds is 8. The predicted octanol–water partition coefficient (Wildman–Crippen LogP) is 4.95. The summed E-state index contributed by atoms with van der Waals surface area (Å²) in [6.45, 7) is 4.86. The number of para-hydroxylation sites is 1. The molecular weight excluding hydrogens is 438 g/mol. The maximum absolute atomic E-state index is 13.4. The highest BCUT2D eigenvalue weighted by molar-refractivity contribution is 7.09. The second-order valence-corrected chi connectivity index (χ2v) is 9.07. The standard InChI is InChI=1S/C25H27N3O4S/c1-18(2)28(25(30)26-20-7-4-3-5-8-20)16-24(29)27(15-21-9-6-12-33-21)14-19-10-11-22-23(13-19)32-17-31-22/h3-13,18H,14-17H2,1-2H3,(H,26,30). The molecule has 7 nitrogen and oxygen atoms in total. The monoisotopic (exact) mass is 465 g/mol. The fourth-order valence-electron chi connectivity index (χ4n) is 3.53. The van der Waals surface area contributed by atoms with Crippen LogP contribution in [0.2, 0.25) is 0 Å². The van der Waals surface area contributed by atoms with E-state index in [0.29, 0.717) is 30.3 Å². The zero-order chi connectivity index (χ0) is 23.2. The largest absolute Gasteiger partial charge is 0.454 e. The van der Waals surface area contributed by atoms with Gasteiger partial charge in [-0.1, -0.05) is 30.3 Å². The van der Waals surface area contributed by atoms with E-state index >= 15 is 0 Å². The molecule has 172 valence electrons. The molecule has 0 unspecified atom stereocenters. The van der Waals surface area contributed by atoms with E-state index in [1.54, 1.807) is 21.1 Å². The minimum absolute atomic E-state index is 0.0216. The molecule has 0 fully saturated rings. The summed E-state index contributed by atoms with van der Waals surface area (Å²) in [5, 5.41) is 4.87. The molecule has 1 aromatic heterocycles. The average Bonchev–Trinajstić information content (AvgIpc) is 3.49. The third-order valence-electron chi connectivity index (χ3n) is 5.30. The Balaban J connectivity index is 1.49. The predicted molar refractivity (Wildman–Crippen MR) is 128 cm³/mol. The van der Waals surface area contributed by atoms with Crippen LogP contribution in [0.25, 0.3) is 0 Å². The van der Waals surface area contributed by atoms with Crippen molar-refractivity contribution in [2.24, 2.45) is 0 Å². The van der Waals surface area contributed by atoms with Crippen LogP contribution in [0.3, 0.4) is 0 Å². The number of carbonyl (C=O) groups excluding carboxylic acids is 2. The summed E-state index contributed by atoms with van der Waals surface area (Å²) in [4.78, 5) is 30.8. The van der Waals surface area contributed by atoms with Gasteiger partial charge in [0.05, 0.1) is 6.54 Å². The number of hydrogen-bond acceptors (Lipinski definition) is 5.